The summed E-state index contributed by atoms with van der Waals surface area (Å²) < 4.78 is 6.91. The summed E-state index contributed by atoms with van der Waals surface area (Å²) in [5.41, 5.74) is 0.783. The number of nitrogens with one attached hydrogen (secondary N) is 1. The monoisotopic (exact) mass is 329 g/mol. The van der Waals surface area contributed by atoms with Crippen molar-refractivity contribution in [3.8, 4) is 11.4 Å². The zero-order valence-electron chi connectivity index (χ0n) is 12.5. The zero-order valence-corrected chi connectivity index (χ0v) is 13.3. The van der Waals surface area contributed by atoms with Crippen LogP contribution in [0.5, 0.6) is 0 Å². The van der Waals surface area contributed by atoms with Gasteiger partial charge in [-0.3, -0.25) is 9.48 Å². The van der Waals surface area contributed by atoms with Gasteiger partial charge in [0, 0.05) is 23.7 Å². The van der Waals surface area contributed by atoms with Crippen LogP contribution < -0.4 is 5.32 Å². The van der Waals surface area contributed by atoms with Gasteiger partial charge in [0.15, 0.2) is 0 Å². The van der Waals surface area contributed by atoms with E-state index in [1.54, 1.807) is 28.3 Å². The van der Waals surface area contributed by atoms with E-state index < -0.39 is 0 Å². The Morgan fingerprint density at radius 2 is 2.43 bits per heavy atom. The van der Waals surface area contributed by atoms with Gasteiger partial charge < -0.3 is 9.84 Å². The van der Waals surface area contributed by atoms with Crippen molar-refractivity contribution in [3.63, 3.8) is 0 Å². The van der Waals surface area contributed by atoms with Crippen molar-refractivity contribution in [2.45, 2.75) is 20.0 Å². The molecule has 118 valence electrons. The highest BCUT2D eigenvalue weighted by Crippen LogP contribution is 2.14. The highest BCUT2D eigenvalue weighted by Gasteiger charge is 2.10. The predicted octanol–water partition coefficient (Wildman–Crippen LogP) is 2.34. The van der Waals surface area contributed by atoms with Crippen LogP contribution in [0.2, 0.25) is 0 Å². The van der Waals surface area contributed by atoms with E-state index >= 15 is 0 Å². The lowest BCUT2D eigenvalue weighted by atomic mass is 10.3. The van der Waals surface area contributed by atoms with Crippen LogP contribution in [-0.2, 0) is 17.9 Å². The molecule has 0 aromatic carbocycles. The summed E-state index contributed by atoms with van der Waals surface area (Å²) in [5.74, 6) is 0.599. The Balaban J connectivity index is 1.55. The maximum absolute atomic E-state index is 11.7. The average Bonchev–Trinajstić information content (AvgIpc) is 3.31. The number of aromatic nitrogens is 4. The number of nitrogens with zero attached hydrogens (tertiary/aromatic N) is 4. The summed E-state index contributed by atoms with van der Waals surface area (Å²) in [4.78, 5) is 17.0. The molecular weight excluding hydrogens is 314 g/mol. The van der Waals surface area contributed by atoms with Gasteiger partial charge in [-0.05, 0) is 24.4 Å². The molecule has 3 aromatic rings. The molecule has 0 aliphatic rings. The molecule has 8 heteroatoms. The fourth-order valence-electron chi connectivity index (χ4n) is 1.86. The normalized spacial score (nSPS) is 11.2. The number of carbonyl (C=O) groups excluding carboxylic acids is 1. The number of rotatable bonds is 6. The molecule has 7 nitrogen and oxygen atoms in total. The Hall–Kier alpha value is -2.74. The Labute approximate surface area is 136 Å². The molecular formula is C15H15N5O2S. The van der Waals surface area contributed by atoms with Crippen molar-refractivity contribution < 1.29 is 9.32 Å². The van der Waals surface area contributed by atoms with Gasteiger partial charge in [0.25, 0.3) is 0 Å². The number of carbonyl (C=O) groups is 1. The summed E-state index contributed by atoms with van der Waals surface area (Å²) in [5, 5.41) is 12.7. The summed E-state index contributed by atoms with van der Waals surface area (Å²) in [6.45, 7) is 2.96. The third-order valence-electron chi connectivity index (χ3n) is 3.04. The Morgan fingerprint density at radius 1 is 1.52 bits per heavy atom. The van der Waals surface area contributed by atoms with Gasteiger partial charge in [0.1, 0.15) is 0 Å². The largest absolute Gasteiger partial charge is 0.343 e. The van der Waals surface area contributed by atoms with Gasteiger partial charge in [-0.2, -0.15) is 10.1 Å². The molecule has 0 spiro atoms. The van der Waals surface area contributed by atoms with Gasteiger partial charge >= 0.3 is 0 Å². The minimum absolute atomic E-state index is 0.183. The number of thiophene rings is 1. The topological polar surface area (TPSA) is 85.8 Å². The van der Waals surface area contributed by atoms with Crippen LogP contribution in [0.4, 0.5) is 0 Å². The molecule has 0 atom stereocenters. The van der Waals surface area contributed by atoms with Crippen molar-refractivity contribution in [1.82, 2.24) is 25.2 Å². The van der Waals surface area contributed by atoms with Crippen molar-refractivity contribution in [2.75, 3.05) is 0 Å². The van der Waals surface area contributed by atoms with E-state index in [1.807, 2.05) is 30.6 Å². The Morgan fingerprint density at radius 3 is 3.17 bits per heavy atom. The molecule has 0 bridgehead atoms. The molecule has 0 saturated heterocycles. The molecule has 3 aromatic heterocycles. The van der Waals surface area contributed by atoms with Crippen LogP contribution in [0.15, 0.2) is 40.5 Å². The molecule has 0 unspecified atom stereocenters. The zero-order chi connectivity index (χ0) is 16.1. The van der Waals surface area contributed by atoms with Crippen LogP contribution in [0.3, 0.4) is 0 Å². The molecule has 23 heavy (non-hydrogen) atoms. The van der Waals surface area contributed by atoms with Gasteiger partial charge in [-0.1, -0.05) is 11.2 Å². The first kappa shape index (κ1) is 15.2. The minimum Gasteiger partial charge on any atom is -0.343 e. The molecule has 0 saturated carbocycles. The van der Waals surface area contributed by atoms with Gasteiger partial charge in [0.2, 0.25) is 17.6 Å². The molecule has 0 aliphatic heterocycles. The van der Waals surface area contributed by atoms with Crippen molar-refractivity contribution in [2.24, 2.45) is 0 Å². The minimum atomic E-state index is -0.211. The summed E-state index contributed by atoms with van der Waals surface area (Å²) in [6, 6.07) is 3.87. The molecule has 1 N–H and O–H groups in total. The van der Waals surface area contributed by atoms with Crippen LogP contribution in [-0.4, -0.2) is 25.8 Å². The summed E-state index contributed by atoms with van der Waals surface area (Å²) in [6.07, 6.45) is 6.77. The second-order valence-corrected chi connectivity index (χ2v) is 5.64. The van der Waals surface area contributed by atoms with Crippen LogP contribution >= 0.6 is 11.3 Å². The first-order valence-corrected chi connectivity index (χ1v) is 7.97. The van der Waals surface area contributed by atoms with Gasteiger partial charge in [-0.15, -0.1) is 11.3 Å². The van der Waals surface area contributed by atoms with Crippen LogP contribution in [0, 0.1) is 0 Å². The molecule has 3 heterocycles. The smallest absolute Gasteiger partial charge is 0.246 e. The first-order valence-electron chi connectivity index (χ1n) is 7.09. The predicted molar refractivity (Wildman–Crippen MR) is 86.4 cm³/mol. The van der Waals surface area contributed by atoms with Gasteiger partial charge in [0.05, 0.1) is 18.3 Å². The second kappa shape index (κ2) is 7.01. The third kappa shape index (κ3) is 3.92. The average molecular weight is 329 g/mol. The highest BCUT2D eigenvalue weighted by molar-refractivity contribution is 7.10. The fourth-order valence-corrected chi connectivity index (χ4v) is 2.48. The van der Waals surface area contributed by atoms with Crippen molar-refractivity contribution in [3.05, 3.63) is 46.8 Å². The SMILES string of the molecule is CCn1cc(-c2noc(CNC(=O)/C=C/c3cccs3)n2)cn1. The second-order valence-electron chi connectivity index (χ2n) is 4.66. The molecule has 1 amide bonds. The number of aryl methyl sites for hydroxylation is 1. The highest BCUT2D eigenvalue weighted by atomic mass is 32.1. The van der Waals surface area contributed by atoms with Crippen LogP contribution in [0.1, 0.15) is 17.7 Å². The lowest BCUT2D eigenvalue weighted by Gasteiger charge is -1.95. The number of hydrogen-bond acceptors (Lipinski definition) is 6. The quantitative estimate of drug-likeness (QED) is 0.702. The fraction of sp³-hybridized carbons (Fsp3) is 0.200. The van der Waals surface area contributed by atoms with E-state index in [0.717, 1.165) is 17.0 Å². The van der Waals surface area contributed by atoms with E-state index in [1.165, 1.54) is 6.08 Å². The maximum Gasteiger partial charge on any atom is 0.246 e. The van der Waals surface area contributed by atoms with E-state index in [9.17, 15) is 4.79 Å². The molecule has 3 rings (SSSR count). The number of amides is 1. The third-order valence-corrected chi connectivity index (χ3v) is 3.88. The standard InChI is InChI=1S/C15H15N5O2S/c1-2-20-10-11(8-17-20)15-18-14(22-19-15)9-16-13(21)6-5-12-4-3-7-23-12/h3-8,10H,2,9H2,1H3,(H,16,21)/b6-5+. The lowest BCUT2D eigenvalue weighted by Crippen LogP contribution is -2.20. The lowest BCUT2D eigenvalue weighted by molar-refractivity contribution is -0.116. The van der Waals surface area contributed by atoms with Crippen molar-refractivity contribution in [1.29, 1.82) is 0 Å². The molecule has 0 fully saturated rings. The van der Waals surface area contributed by atoms with E-state index in [0.29, 0.717) is 11.7 Å². The van der Waals surface area contributed by atoms with E-state index in [2.05, 4.69) is 20.6 Å². The van der Waals surface area contributed by atoms with E-state index in [4.69, 9.17) is 4.52 Å². The van der Waals surface area contributed by atoms with E-state index in [-0.39, 0.29) is 12.5 Å². The first-order chi connectivity index (χ1) is 11.2. The molecule has 0 aliphatic carbocycles. The van der Waals surface area contributed by atoms with Crippen molar-refractivity contribution >= 4 is 23.3 Å². The summed E-state index contributed by atoms with van der Waals surface area (Å²) in [7, 11) is 0. The molecule has 0 radical (unpaired) electrons. The number of hydrogen-bond donors (Lipinski definition) is 1. The summed E-state index contributed by atoms with van der Waals surface area (Å²) >= 11 is 1.57. The van der Waals surface area contributed by atoms with Gasteiger partial charge in [-0.25, -0.2) is 0 Å². The Bertz CT molecular complexity index is 804. The Kier molecular flexibility index (Phi) is 4.62. The van der Waals surface area contributed by atoms with Crippen LogP contribution in [0.25, 0.3) is 17.5 Å². The maximum atomic E-state index is 11.7.